The quantitative estimate of drug-likeness (QED) is 0.692. The van der Waals surface area contributed by atoms with E-state index < -0.39 is 12.1 Å². The largest absolute Gasteiger partial charge is 0.493 e. The van der Waals surface area contributed by atoms with Crippen molar-refractivity contribution in [2.24, 2.45) is 5.92 Å². The van der Waals surface area contributed by atoms with Crippen molar-refractivity contribution in [2.75, 3.05) is 34.0 Å². The average molecular weight is 432 g/mol. The van der Waals surface area contributed by atoms with Gasteiger partial charge in [0, 0.05) is 13.1 Å². The van der Waals surface area contributed by atoms with Crippen molar-refractivity contribution in [3.63, 3.8) is 0 Å². The number of hydrogen-bond acceptors (Lipinski definition) is 6. The van der Waals surface area contributed by atoms with Gasteiger partial charge in [-0.3, -0.25) is 9.48 Å². The molecular formula is C23H33N3O5. The van der Waals surface area contributed by atoms with Gasteiger partial charge in [-0.15, -0.1) is 0 Å². The lowest BCUT2D eigenvalue weighted by molar-refractivity contribution is -0.0814. The first-order valence-corrected chi connectivity index (χ1v) is 10.8. The molecule has 2 aromatic rings. The summed E-state index contributed by atoms with van der Waals surface area (Å²) in [6.07, 6.45) is 0.276. The molecule has 1 aromatic carbocycles. The summed E-state index contributed by atoms with van der Waals surface area (Å²) in [5.41, 5.74) is 2.28. The SMILES string of the molecule is CCn1nc(CC(C)C)cc1C(=O)N1CCOC(CO)C1c1ccc(OC)c(OC)c1. The Morgan fingerprint density at radius 2 is 2.00 bits per heavy atom. The molecule has 31 heavy (non-hydrogen) atoms. The molecule has 3 rings (SSSR count). The second kappa shape index (κ2) is 10.2. The second-order valence-electron chi connectivity index (χ2n) is 8.08. The van der Waals surface area contributed by atoms with Crippen LogP contribution in [-0.2, 0) is 17.7 Å². The van der Waals surface area contributed by atoms with Crippen LogP contribution in [0.15, 0.2) is 24.3 Å². The summed E-state index contributed by atoms with van der Waals surface area (Å²) < 4.78 is 18.4. The van der Waals surface area contributed by atoms with Crippen molar-refractivity contribution in [1.82, 2.24) is 14.7 Å². The van der Waals surface area contributed by atoms with Gasteiger partial charge in [-0.2, -0.15) is 5.10 Å². The Hall–Kier alpha value is -2.58. The first-order valence-electron chi connectivity index (χ1n) is 10.8. The lowest BCUT2D eigenvalue weighted by Gasteiger charge is -2.41. The number of rotatable bonds is 8. The molecule has 0 aliphatic carbocycles. The summed E-state index contributed by atoms with van der Waals surface area (Å²) in [4.78, 5) is 15.4. The molecule has 1 aliphatic rings. The van der Waals surface area contributed by atoms with Crippen LogP contribution in [0.3, 0.4) is 0 Å². The average Bonchev–Trinajstić information content (AvgIpc) is 3.19. The van der Waals surface area contributed by atoms with E-state index in [1.54, 1.807) is 29.9 Å². The Kier molecular flexibility index (Phi) is 7.56. The molecule has 1 aliphatic heterocycles. The molecule has 8 nitrogen and oxygen atoms in total. The van der Waals surface area contributed by atoms with Crippen LogP contribution in [0.2, 0.25) is 0 Å². The highest BCUT2D eigenvalue weighted by Gasteiger charge is 2.38. The van der Waals surface area contributed by atoms with Crippen LogP contribution in [0.4, 0.5) is 0 Å². The molecule has 1 fully saturated rings. The van der Waals surface area contributed by atoms with E-state index in [9.17, 15) is 9.90 Å². The zero-order chi connectivity index (χ0) is 22.5. The van der Waals surface area contributed by atoms with Gasteiger partial charge in [0.2, 0.25) is 0 Å². The summed E-state index contributed by atoms with van der Waals surface area (Å²) in [5, 5.41) is 14.6. The smallest absolute Gasteiger partial charge is 0.272 e. The van der Waals surface area contributed by atoms with Crippen LogP contribution in [0.1, 0.15) is 48.6 Å². The zero-order valence-electron chi connectivity index (χ0n) is 19.0. The van der Waals surface area contributed by atoms with E-state index >= 15 is 0 Å². The van der Waals surface area contributed by atoms with E-state index in [0.717, 1.165) is 17.7 Å². The lowest BCUT2D eigenvalue weighted by atomic mass is 9.97. The molecule has 1 amide bonds. The molecule has 2 unspecified atom stereocenters. The van der Waals surface area contributed by atoms with E-state index in [2.05, 4.69) is 18.9 Å². The van der Waals surface area contributed by atoms with E-state index in [4.69, 9.17) is 14.2 Å². The van der Waals surface area contributed by atoms with E-state index in [0.29, 0.717) is 42.8 Å². The van der Waals surface area contributed by atoms with Gasteiger partial charge in [0.05, 0.1) is 39.2 Å². The van der Waals surface area contributed by atoms with Gasteiger partial charge in [0.25, 0.3) is 5.91 Å². The third kappa shape index (κ3) is 4.85. The highest BCUT2D eigenvalue weighted by molar-refractivity contribution is 5.93. The summed E-state index contributed by atoms with van der Waals surface area (Å²) >= 11 is 0. The molecule has 2 heterocycles. The van der Waals surface area contributed by atoms with Gasteiger partial charge in [-0.25, -0.2) is 0 Å². The summed E-state index contributed by atoms with van der Waals surface area (Å²) in [6.45, 7) is 7.43. The van der Waals surface area contributed by atoms with Crippen molar-refractivity contribution in [2.45, 2.75) is 45.9 Å². The Bertz CT molecular complexity index is 895. The molecule has 0 spiro atoms. The molecule has 2 atom stereocenters. The summed E-state index contributed by atoms with van der Waals surface area (Å²) in [5.74, 6) is 1.49. The highest BCUT2D eigenvalue weighted by atomic mass is 16.5. The number of nitrogens with zero attached hydrogens (tertiary/aromatic N) is 3. The highest BCUT2D eigenvalue weighted by Crippen LogP contribution is 2.36. The van der Waals surface area contributed by atoms with Crippen LogP contribution < -0.4 is 9.47 Å². The fourth-order valence-corrected chi connectivity index (χ4v) is 4.09. The number of aliphatic hydroxyl groups is 1. The van der Waals surface area contributed by atoms with Crippen LogP contribution in [0.25, 0.3) is 0 Å². The van der Waals surface area contributed by atoms with Gasteiger partial charge in [-0.05, 0) is 43.0 Å². The predicted molar refractivity (Wildman–Crippen MR) is 117 cm³/mol. The number of hydrogen-bond donors (Lipinski definition) is 1. The van der Waals surface area contributed by atoms with Crippen molar-refractivity contribution in [1.29, 1.82) is 0 Å². The second-order valence-corrected chi connectivity index (χ2v) is 8.08. The van der Waals surface area contributed by atoms with Crippen LogP contribution in [0, 0.1) is 5.92 Å². The number of methoxy groups -OCH3 is 2. The number of carbonyl (C=O) groups excluding carboxylic acids is 1. The third-order valence-corrected chi connectivity index (χ3v) is 5.51. The van der Waals surface area contributed by atoms with Gasteiger partial charge in [0.15, 0.2) is 11.5 Å². The maximum atomic E-state index is 13.7. The van der Waals surface area contributed by atoms with Gasteiger partial charge in [-0.1, -0.05) is 19.9 Å². The molecule has 170 valence electrons. The number of aliphatic hydroxyl groups excluding tert-OH is 1. The standard InChI is InChI=1S/C23H33N3O5/c1-6-26-18(13-17(24-26)11-15(2)3)23(28)25-9-10-31-21(14-27)22(25)16-7-8-19(29-4)20(12-16)30-5/h7-8,12-13,15,21-22,27H,6,9-11,14H2,1-5H3. The molecule has 8 heteroatoms. The molecule has 1 aromatic heterocycles. The molecule has 1 saturated heterocycles. The third-order valence-electron chi connectivity index (χ3n) is 5.51. The van der Waals surface area contributed by atoms with E-state index in [-0.39, 0.29) is 12.5 Å². The normalized spacial score (nSPS) is 19.0. The zero-order valence-corrected chi connectivity index (χ0v) is 19.0. The first-order chi connectivity index (χ1) is 14.9. The Morgan fingerprint density at radius 1 is 1.26 bits per heavy atom. The predicted octanol–water partition coefficient (Wildman–Crippen LogP) is 2.69. The number of amides is 1. The molecule has 0 bridgehead atoms. The Labute approximate surface area is 183 Å². The van der Waals surface area contributed by atoms with E-state index in [1.807, 2.05) is 25.1 Å². The monoisotopic (exact) mass is 431 g/mol. The fraction of sp³-hybridized carbons (Fsp3) is 0.565. The minimum absolute atomic E-state index is 0.120. The Balaban J connectivity index is 2.00. The van der Waals surface area contributed by atoms with Gasteiger partial charge in [0.1, 0.15) is 11.8 Å². The number of benzene rings is 1. The van der Waals surface area contributed by atoms with Crippen molar-refractivity contribution in [3.8, 4) is 11.5 Å². The number of aryl methyl sites for hydroxylation is 1. The van der Waals surface area contributed by atoms with Crippen molar-refractivity contribution in [3.05, 3.63) is 41.2 Å². The van der Waals surface area contributed by atoms with Gasteiger partial charge < -0.3 is 24.2 Å². The van der Waals surface area contributed by atoms with Crippen LogP contribution in [0.5, 0.6) is 11.5 Å². The number of morpholine rings is 1. The molecule has 1 N–H and O–H groups in total. The van der Waals surface area contributed by atoms with Crippen LogP contribution in [-0.4, -0.2) is 65.8 Å². The maximum absolute atomic E-state index is 13.7. The number of aromatic nitrogens is 2. The minimum atomic E-state index is -0.538. The Morgan fingerprint density at radius 3 is 2.61 bits per heavy atom. The van der Waals surface area contributed by atoms with Crippen molar-refractivity contribution >= 4 is 5.91 Å². The number of ether oxygens (including phenoxy) is 3. The topological polar surface area (TPSA) is 86.1 Å². The molecule has 0 radical (unpaired) electrons. The molecule has 0 saturated carbocycles. The van der Waals surface area contributed by atoms with E-state index in [1.165, 1.54) is 0 Å². The first kappa shape index (κ1) is 23.1. The maximum Gasteiger partial charge on any atom is 0.272 e. The number of carbonyl (C=O) groups is 1. The minimum Gasteiger partial charge on any atom is -0.493 e. The van der Waals surface area contributed by atoms with Crippen LogP contribution >= 0.6 is 0 Å². The van der Waals surface area contributed by atoms with Gasteiger partial charge >= 0.3 is 0 Å². The summed E-state index contributed by atoms with van der Waals surface area (Å²) in [6, 6.07) is 6.95. The molecular weight excluding hydrogens is 398 g/mol. The summed E-state index contributed by atoms with van der Waals surface area (Å²) in [7, 11) is 3.15. The fourth-order valence-electron chi connectivity index (χ4n) is 4.09. The lowest BCUT2D eigenvalue weighted by Crippen LogP contribution is -2.49. The van der Waals surface area contributed by atoms with Crippen molar-refractivity contribution < 1.29 is 24.1 Å².